The molecule has 8 heteroatoms. The molecule has 2 heterocycles. The van der Waals surface area contributed by atoms with Crippen LogP contribution in [0, 0.1) is 0 Å². The van der Waals surface area contributed by atoms with Crippen molar-refractivity contribution in [2.45, 2.75) is 6.42 Å². The third-order valence-corrected chi connectivity index (χ3v) is 4.63. The number of aromatic nitrogens is 2. The number of ether oxygens (including phenoxy) is 1. The van der Waals surface area contributed by atoms with E-state index in [9.17, 15) is 9.59 Å². The van der Waals surface area contributed by atoms with Crippen LogP contribution in [0.1, 0.15) is 16.8 Å². The zero-order valence-electron chi connectivity index (χ0n) is 14.7. The lowest BCUT2D eigenvalue weighted by Gasteiger charge is -2.10. The lowest BCUT2D eigenvalue weighted by Crippen LogP contribution is -2.26. The number of rotatable bonds is 7. The van der Waals surface area contributed by atoms with Crippen molar-refractivity contribution in [1.82, 2.24) is 14.7 Å². The number of hydrogen-bond donors (Lipinski definition) is 2. The number of amides is 1. The van der Waals surface area contributed by atoms with Crippen molar-refractivity contribution in [3.8, 4) is 5.75 Å². The van der Waals surface area contributed by atoms with Crippen molar-refractivity contribution in [2.75, 3.05) is 25.5 Å². The predicted molar refractivity (Wildman–Crippen MR) is 108 cm³/mol. The van der Waals surface area contributed by atoms with E-state index in [0.29, 0.717) is 46.8 Å². The molecule has 0 aliphatic heterocycles. The number of hydrogen-bond acceptors (Lipinski definition) is 5. The van der Waals surface area contributed by atoms with Gasteiger partial charge in [0, 0.05) is 29.8 Å². The number of fused-ring (bicyclic) bond motifs is 1. The summed E-state index contributed by atoms with van der Waals surface area (Å²) < 4.78 is 7.34. The van der Waals surface area contributed by atoms with E-state index >= 15 is 0 Å². The average Bonchev–Trinajstić information content (AvgIpc) is 2.68. The van der Waals surface area contributed by atoms with Gasteiger partial charge in [0.05, 0.1) is 12.7 Å². The van der Waals surface area contributed by atoms with Crippen LogP contribution in [0.4, 0.5) is 5.82 Å². The van der Waals surface area contributed by atoms with Gasteiger partial charge in [-0.3, -0.25) is 14.0 Å². The second-order valence-corrected chi connectivity index (χ2v) is 6.64. The van der Waals surface area contributed by atoms with E-state index in [-0.39, 0.29) is 11.5 Å². The Morgan fingerprint density at radius 3 is 2.89 bits per heavy atom. The van der Waals surface area contributed by atoms with E-state index in [2.05, 4.69) is 31.5 Å². The van der Waals surface area contributed by atoms with Gasteiger partial charge in [-0.1, -0.05) is 6.07 Å². The molecule has 0 unspecified atom stereocenters. The highest BCUT2D eigenvalue weighted by Crippen LogP contribution is 2.22. The van der Waals surface area contributed by atoms with Crippen LogP contribution in [0.2, 0.25) is 0 Å². The van der Waals surface area contributed by atoms with Gasteiger partial charge in [-0.05, 0) is 52.7 Å². The number of benzene rings is 1. The summed E-state index contributed by atoms with van der Waals surface area (Å²) in [5.41, 5.74) is 0.967. The summed E-state index contributed by atoms with van der Waals surface area (Å²) in [6.45, 7) is 1.07. The van der Waals surface area contributed by atoms with Gasteiger partial charge in [-0.2, -0.15) is 0 Å². The first-order chi connectivity index (χ1) is 13.1. The number of halogens is 1. The highest BCUT2D eigenvalue weighted by Gasteiger charge is 2.10. The van der Waals surface area contributed by atoms with E-state index in [0.717, 1.165) is 0 Å². The molecule has 2 aromatic heterocycles. The Balaban J connectivity index is 1.51. The molecule has 140 valence electrons. The minimum atomic E-state index is -0.178. The molecule has 0 aliphatic rings. The molecule has 0 atom stereocenters. The summed E-state index contributed by atoms with van der Waals surface area (Å²) in [5, 5.41) is 5.98. The number of anilines is 1. The largest absolute Gasteiger partial charge is 0.497 e. The molecule has 0 saturated heterocycles. The third-order valence-electron chi connectivity index (χ3n) is 3.93. The van der Waals surface area contributed by atoms with Gasteiger partial charge in [0.15, 0.2) is 0 Å². The van der Waals surface area contributed by atoms with Gasteiger partial charge in [0.1, 0.15) is 17.2 Å². The van der Waals surface area contributed by atoms with Crippen LogP contribution in [0.15, 0.2) is 57.9 Å². The van der Waals surface area contributed by atoms with Gasteiger partial charge in [-0.15, -0.1) is 0 Å². The smallest absolute Gasteiger partial charge is 0.259 e. The molecular weight excluding hydrogens is 412 g/mol. The quantitative estimate of drug-likeness (QED) is 0.562. The van der Waals surface area contributed by atoms with Crippen LogP contribution in [0.3, 0.4) is 0 Å². The Morgan fingerprint density at radius 1 is 1.22 bits per heavy atom. The normalized spacial score (nSPS) is 10.6. The van der Waals surface area contributed by atoms with Crippen LogP contribution in [0.25, 0.3) is 5.65 Å². The molecule has 27 heavy (non-hydrogen) atoms. The van der Waals surface area contributed by atoms with Crippen molar-refractivity contribution < 1.29 is 9.53 Å². The van der Waals surface area contributed by atoms with E-state index < -0.39 is 0 Å². The fourth-order valence-corrected chi connectivity index (χ4v) is 2.98. The zero-order valence-corrected chi connectivity index (χ0v) is 16.3. The van der Waals surface area contributed by atoms with E-state index in [1.165, 1.54) is 10.5 Å². The molecule has 0 fully saturated rings. The number of nitrogens with zero attached hydrogens (tertiary/aromatic N) is 2. The van der Waals surface area contributed by atoms with Crippen molar-refractivity contribution >= 4 is 33.3 Å². The SMILES string of the molecule is COc1ccc(Br)c(C(=O)NCCCNc2cc(=O)n3ccccc3n2)c1. The molecule has 0 aliphatic carbocycles. The Labute approximate surface area is 164 Å². The van der Waals surface area contributed by atoms with Crippen molar-refractivity contribution in [1.29, 1.82) is 0 Å². The maximum absolute atomic E-state index is 12.3. The minimum absolute atomic E-state index is 0.140. The van der Waals surface area contributed by atoms with Crippen LogP contribution >= 0.6 is 15.9 Å². The number of methoxy groups -OCH3 is 1. The van der Waals surface area contributed by atoms with Crippen LogP contribution < -0.4 is 20.9 Å². The van der Waals surface area contributed by atoms with Gasteiger partial charge >= 0.3 is 0 Å². The zero-order chi connectivity index (χ0) is 19.2. The Morgan fingerprint density at radius 2 is 2.07 bits per heavy atom. The van der Waals surface area contributed by atoms with E-state index in [4.69, 9.17) is 4.74 Å². The fraction of sp³-hybridized carbons (Fsp3) is 0.211. The molecule has 2 N–H and O–H groups in total. The van der Waals surface area contributed by atoms with Gasteiger partial charge in [0.25, 0.3) is 11.5 Å². The summed E-state index contributed by atoms with van der Waals surface area (Å²) in [7, 11) is 1.56. The third kappa shape index (κ3) is 4.65. The van der Waals surface area contributed by atoms with E-state index in [1.54, 1.807) is 43.6 Å². The van der Waals surface area contributed by atoms with Crippen LogP contribution in [0.5, 0.6) is 5.75 Å². The summed E-state index contributed by atoms with van der Waals surface area (Å²) in [6, 6.07) is 12.1. The molecule has 0 saturated carbocycles. The van der Waals surface area contributed by atoms with E-state index in [1.807, 2.05) is 6.07 Å². The average molecular weight is 431 g/mol. The number of carbonyl (C=O) groups excluding carboxylic acids is 1. The Bertz CT molecular complexity index is 1020. The van der Waals surface area contributed by atoms with Crippen LogP contribution in [-0.2, 0) is 0 Å². The molecule has 0 radical (unpaired) electrons. The summed E-state index contributed by atoms with van der Waals surface area (Å²) >= 11 is 3.37. The predicted octanol–water partition coefficient (Wildman–Crippen LogP) is 2.70. The maximum Gasteiger partial charge on any atom is 0.259 e. The highest BCUT2D eigenvalue weighted by molar-refractivity contribution is 9.10. The molecule has 1 amide bonds. The molecule has 0 bridgehead atoms. The molecule has 1 aromatic carbocycles. The second-order valence-electron chi connectivity index (χ2n) is 5.79. The molecule has 7 nitrogen and oxygen atoms in total. The first kappa shape index (κ1) is 18.9. The standard InChI is InChI=1S/C19H19BrN4O3/c1-27-13-6-7-15(20)14(11-13)19(26)22-9-4-8-21-16-12-18(25)24-10-3-2-5-17(24)23-16/h2-3,5-7,10-12,21H,4,8-9H2,1H3,(H,22,26). The Hall–Kier alpha value is -2.87. The first-order valence-corrected chi connectivity index (χ1v) is 9.22. The van der Waals surface area contributed by atoms with Crippen molar-refractivity contribution in [3.05, 3.63) is 69.1 Å². The van der Waals surface area contributed by atoms with Gasteiger partial charge in [0.2, 0.25) is 0 Å². The molecular formula is C19H19BrN4O3. The molecule has 3 aromatic rings. The molecule has 3 rings (SSSR count). The van der Waals surface area contributed by atoms with Gasteiger partial charge in [-0.25, -0.2) is 4.98 Å². The number of pyridine rings is 1. The minimum Gasteiger partial charge on any atom is -0.497 e. The molecule has 0 spiro atoms. The topological polar surface area (TPSA) is 84.7 Å². The maximum atomic E-state index is 12.3. The first-order valence-electron chi connectivity index (χ1n) is 8.42. The number of nitrogens with one attached hydrogen (secondary N) is 2. The lowest BCUT2D eigenvalue weighted by molar-refractivity contribution is 0.0952. The van der Waals surface area contributed by atoms with Crippen molar-refractivity contribution in [3.63, 3.8) is 0 Å². The van der Waals surface area contributed by atoms with Crippen molar-refractivity contribution in [2.24, 2.45) is 0 Å². The monoisotopic (exact) mass is 430 g/mol. The summed E-state index contributed by atoms with van der Waals surface area (Å²) in [5.74, 6) is 0.967. The highest BCUT2D eigenvalue weighted by atomic mass is 79.9. The number of carbonyl (C=O) groups is 1. The van der Waals surface area contributed by atoms with Crippen LogP contribution in [-0.4, -0.2) is 35.5 Å². The van der Waals surface area contributed by atoms with Gasteiger partial charge < -0.3 is 15.4 Å². The summed E-state index contributed by atoms with van der Waals surface area (Å²) in [6.07, 6.45) is 2.36. The summed E-state index contributed by atoms with van der Waals surface area (Å²) in [4.78, 5) is 28.7. The Kier molecular flexibility index (Phi) is 6.08. The fourth-order valence-electron chi connectivity index (χ4n) is 2.55. The second kappa shape index (κ2) is 8.68. The lowest BCUT2D eigenvalue weighted by atomic mass is 10.2.